The second kappa shape index (κ2) is 5.31. The number of nitrogens with zero attached hydrogens (tertiary/aromatic N) is 1. The predicted molar refractivity (Wildman–Crippen MR) is 71.4 cm³/mol. The van der Waals surface area contributed by atoms with E-state index in [1.54, 1.807) is 14.2 Å². The van der Waals surface area contributed by atoms with Crippen LogP contribution in [0.25, 0.3) is 10.9 Å². The number of aliphatic hydroxyl groups excluding tert-OH is 1. The van der Waals surface area contributed by atoms with Gasteiger partial charge in [-0.25, -0.2) is 0 Å². The maximum atomic E-state index is 8.95. The molecule has 0 bridgehead atoms. The summed E-state index contributed by atoms with van der Waals surface area (Å²) in [5, 5.41) is 10.1. The lowest BCUT2D eigenvalue weighted by molar-refractivity contribution is 0.288. The summed E-state index contributed by atoms with van der Waals surface area (Å²) in [6.45, 7) is 0.206. The molecule has 0 saturated carbocycles. The number of fused-ring (bicyclic) bond motifs is 1. The number of ether oxygens (including phenoxy) is 2. The van der Waals surface area contributed by atoms with Crippen molar-refractivity contribution < 1.29 is 14.6 Å². The summed E-state index contributed by atoms with van der Waals surface area (Å²) in [5.41, 5.74) is 2.27. The van der Waals surface area contributed by atoms with Gasteiger partial charge in [-0.3, -0.25) is 0 Å². The van der Waals surface area contributed by atoms with Crippen LogP contribution in [0.1, 0.15) is 12.0 Å². The van der Waals surface area contributed by atoms with E-state index in [-0.39, 0.29) is 6.61 Å². The zero-order chi connectivity index (χ0) is 13.1. The summed E-state index contributed by atoms with van der Waals surface area (Å²) in [4.78, 5) is 0. The Morgan fingerprint density at radius 1 is 1.22 bits per heavy atom. The molecule has 18 heavy (non-hydrogen) atoms. The summed E-state index contributed by atoms with van der Waals surface area (Å²) >= 11 is 0. The Balaban J connectivity index is 2.60. The van der Waals surface area contributed by atoms with Gasteiger partial charge >= 0.3 is 0 Å². The highest BCUT2D eigenvalue weighted by Gasteiger charge is 2.13. The molecule has 0 aliphatic heterocycles. The second-order valence-corrected chi connectivity index (χ2v) is 4.32. The standard InChI is InChI=1S/C14H19NO3/c1-15-9-10(5-4-6-16)12-7-11(17-2)8-13(18-3)14(12)15/h7-9,16H,4-6H2,1-3H3. The molecular weight excluding hydrogens is 230 g/mol. The van der Waals surface area contributed by atoms with E-state index in [9.17, 15) is 0 Å². The van der Waals surface area contributed by atoms with Crippen LogP contribution in [0.5, 0.6) is 11.5 Å². The Bertz CT molecular complexity index is 545. The van der Waals surface area contributed by atoms with Crippen molar-refractivity contribution in [2.75, 3.05) is 20.8 Å². The number of hydrogen-bond acceptors (Lipinski definition) is 3. The Hall–Kier alpha value is -1.68. The van der Waals surface area contributed by atoms with Gasteiger partial charge in [0.15, 0.2) is 0 Å². The lowest BCUT2D eigenvalue weighted by Gasteiger charge is -2.08. The molecule has 0 fully saturated rings. The highest BCUT2D eigenvalue weighted by molar-refractivity contribution is 5.90. The van der Waals surface area contributed by atoms with Crippen molar-refractivity contribution in [2.45, 2.75) is 12.8 Å². The second-order valence-electron chi connectivity index (χ2n) is 4.32. The van der Waals surface area contributed by atoms with Crippen molar-refractivity contribution in [3.63, 3.8) is 0 Å². The summed E-state index contributed by atoms with van der Waals surface area (Å²) in [7, 11) is 5.31. The number of methoxy groups -OCH3 is 2. The van der Waals surface area contributed by atoms with Gasteiger partial charge in [-0.2, -0.15) is 0 Å². The first-order valence-electron chi connectivity index (χ1n) is 6.02. The SMILES string of the molecule is COc1cc(OC)c2c(c1)c(CCCO)cn2C. The molecule has 98 valence electrons. The minimum atomic E-state index is 0.206. The average molecular weight is 249 g/mol. The van der Waals surface area contributed by atoms with E-state index in [1.165, 1.54) is 5.56 Å². The average Bonchev–Trinajstić information content (AvgIpc) is 2.72. The quantitative estimate of drug-likeness (QED) is 0.882. The Labute approximate surface area is 107 Å². The maximum Gasteiger partial charge on any atom is 0.146 e. The molecule has 0 unspecified atom stereocenters. The molecule has 0 saturated heterocycles. The molecule has 0 aliphatic carbocycles. The topological polar surface area (TPSA) is 43.6 Å². The van der Waals surface area contributed by atoms with Crippen LogP contribution in [-0.2, 0) is 13.5 Å². The summed E-state index contributed by atoms with van der Waals surface area (Å²) in [6.07, 6.45) is 3.70. The number of rotatable bonds is 5. The summed E-state index contributed by atoms with van der Waals surface area (Å²) < 4.78 is 12.8. The van der Waals surface area contributed by atoms with Crippen molar-refractivity contribution in [2.24, 2.45) is 7.05 Å². The van der Waals surface area contributed by atoms with Gasteiger partial charge in [-0.1, -0.05) is 0 Å². The van der Waals surface area contributed by atoms with E-state index in [0.717, 1.165) is 35.2 Å². The van der Waals surface area contributed by atoms with Crippen LogP contribution in [0.15, 0.2) is 18.3 Å². The molecule has 0 radical (unpaired) electrons. The molecule has 4 nitrogen and oxygen atoms in total. The Kier molecular flexibility index (Phi) is 3.77. The minimum Gasteiger partial charge on any atom is -0.497 e. The number of aliphatic hydroxyl groups is 1. The van der Waals surface area contributed by atoms with Gasteiger partial charge in [0.2, 0.25) is 0 Å². The van der Waals surface area contributed by atoms with Crippen LogP contribution in [0, 0.1) is 0 Å². The Morgan fingerprint density at radius 2 is 2.00 bits per heavy atom. The zero-order valence-corrected chi connectivity index (χ0v) is 11.1. The van der Waals surface area contributed by atoms with E-state index < -0.39 is 0 Å². The molecule has 0 spiro atoms. The summed E-state index contributed by atoms with van der Waals surface area (Å²) in [5.74, 6) is 1.60. The third kappa shape index (κ3) is 2.16. The fourth-order valence-electron chi connectivity index (χ4n) is 2.30. The van der Waals surface area contributed by atoms with Gasteiger partial charge in [0.1, 0.15) is 11.5 Å². The molecule has 1 aromatic heterocycles. The third-order valence-corrected chi connectivity index (χ3v) is 3.16. The molecule has 0 atom stereocenters. The molecule has 4 heteroatoms. The fourth-order valence-corrected chi connectivity index (χ4v) is 2.30. The van der Waals surface area contributed by atoms with E-state index in [4.69, 9.17) is 14.6 Å². The third-order valence-electron chi connectivity index (χ3n) is 3.16. The normalized spacial score (nSPS) is 10.9. The van der Waals surface area contributed by atoms with Gasteiger partial charge in [0.25, 0.3) is 0 Å². The van der Waals surface area contributed by atoms with Crippen LogP contribution in [0.2, 0.25) is 0 Å². The van der Waals surface area contributed by atoms with E-state index >= 15 is 0 Å². The van der Waals surface area contributed by atoms with E-state index in [1.807, 2.05) is 19.2 Å². The molecule has 2 aromatic rings. The molecule has 1 N–H and O–H groups in total. The van der Waals surface area contributed by atoms with Crippen molar-refractivity contribution in [3.8, 4) is 11.5 Å². The van der Waals surface area contributed by atoms with Crippen molar-refractivity contribution in [3.05, 3.63) is 23.9 Å². The van der Waals surface area contributed by atoms with Gasteiger partial charge in [0.05, 0.1) is 19.7 Å². The summed E-state index contributed by atoms with van der Waals surface area (Å²) in [6, 6.07) is 3.91. The number of aryl methyl sites for hydroxylation is 2. The monoisotopic (exact) mass is 249 g/mol. The van der Waals surface area contributed by atoms with Crippen LogP contribution in [0.4, 0.5) is 0 Å². The fraction of sp³-hybridized carbons (Fsp3) is 0.429. The van der Waals surface area contributed by atoms with Gasteiger partial charge in [-0.15, -0.1) is 0 Å². The molecule has 2 rings (SSSR count). The van der Waals surface area contributed by atoms with Gasteiger partial charge in [0, 0.05) is 31.3 Å². The van der Waals surface area contributed by atoms with Gasteiger partial charge in [-0.05, 0) is 24.5 Å². The number of hydrogen-bond donors (Lipinski definition) is 1. The highest BCUT2D eigenvalue weighted by atomic mass is 16.5. The van der Waals surface area contributed by atoms with Crippen molar-refractivity contribution in [1.29, 1.82) is 0 Å². The first-order valence-corrected chi connectivity index (χ1v) is 6.02. The zero-order valence-electron chi connectivity index (χ0n) is 11.1. The van der Waals surface area contributed by atoms with Crippen molar-refractivity contribution in [1.82, 2.24) is 4.57 Å². The molecule has 1 aromatic carbocycles. The molecular formula is C14H19NO3. The molecule has 0 amide bonds. The first kappa shape index (κ1) is 12.8. The van der Waals surface area contributed by atoms with Crippen LogP contribution in [0.3, 0.4) is 0 Å². The van der Waals surface area contributed by atoms with Crippen molar-refractivity contribution >= 4 is 10.9 Å². The minimum absolute atomic E-state index is 0.206. The molecule has 1 heterocycles. The predicted octanol–water partition coefficient (Wildman–Crippen LogP) is 2.12. The smallest absolute Gasteiger partial charge is 0.146 e. The van der Waals surface area contributed by atoms with E-state index in [2.05, 4.69) is 10.8 Å². The van der Waals surface area contributed by atoms with Crippen LogP contribution in [-0.4, -0.2) is 30.5 Å². The highest BCUT2D eigenvalue weighted by Crippen LogP contribution is 2.34. The lowest BCUT2D eigenvalue weighted by Crippen LogP contribution is -1.92. The van der Waals surface area contributed by atoms with Gasteiger partial charge < -0.3 is 19.1 Å². The largest absolute Gasteiger partial charge is 0.497 e. The molecule has 0 aliphatic rings. The first-order chi connectivity index (χ1) is 8.71. The van der Waals surface area contributed by atoms with Crippen LogP contribution >= 0.6 is 0 Å². The lowest BCUT2D eigenvalue weighted by atomic mass is 10.1. The maximum absolute atomic E-state index is 8.95. The number of aromatic nitrogens is 1. The van der Waals surface area contributed by atoms with E-state index in [0.29, 0.717) is 0 Å². The number of benzene rings is 1. The van der Waals surface area contributed by atoms with Crippen LogP contribution < -0.4 is 9.47 Å². The Morgan fingerprint density at radius 3 is 2.61 bits per heavy atom.